The van der Waals surface area contributed by atoms with Gasteiger partial charge in [-0.25, -0.2) is 14.8 Å². The van der Waals surface area contributed by atoms with Gasteiger partial charge in [0.1, 0.15) is 0 Å². The number of fused-ring (bicyclic) bond motifs is 1. The number of rotatable bonds is 10. The minimum Gasteiger partial charge on any atom is -0.461 e. The number of esters is 1. The van der Waals surface area contributed by atoms with Gasteiger partial charge in [0.05, 0.1) is 16.8 Å². The lowest BCUT2D eigenvalue weighted by Gasteiger charge is -2.21. The predicted molar refractivity (Wildman–Crippen MR) is 131 cm³/mol. The Morgan fingerprint density at radius 3 is 2.82 bits per heavy atom. The molecule has 33 heavy (non-hydrogen) atoms. The van der Waals surface area contributed by atoms with Crippen molar-refractivity contribution >= 4 is 60.8 Å². The SMILES string of the molecule is CCOC(=O)c1csc(N(CCCOC)c2cc(C)c(Nc3nc4ccccc4s3)nn2)n1. The van der Waals surface area contributed by atoms with Crippen molar-refractivity contribution in [2.45, 2.75) is 20.3 Å². The molecule has 0 unspecified atom stereocenters. The molecular formula is C22H24N6O3S2. The second-order valence-corrected chi connectivity index (χ2v) is 8.95. The van der Waals surface area contributed by atoms with Gasteiger partial charge in [0.2, 0.25) is 0 Å². The van der Waals surface area contributed by atoms with Gasteiger partial charge in [-0.05, 0) is 44.0 Å². The Morgan fingerprint density at radius 1 is 1.21 bits per heavy atom. The van der Waals surface area contributed by atoms with E-state index >= 15 is 0 Å². The van der Waals surface area contributed by atoms with Crippen LogP contribution >= 0.6 is 22.7 Å². The van der Waals surface area contributed by atoms with E-state index < -0.39 is 5.97 Å². The minimum atomic E-state index is -0.436. The highest BCUT2D eigenvalue weighted by atomic mass is 32.1. The van der Waals surface area contributed by atoms with Gasteiger partial charge in [0.15, 0.2) is 27.6 Å². The Hall–Kier alpha value is -3.15. The molecule has 0 saturated heterocycles. The number of carbonyl (C=O) groups is 1. The van der Waals surface area contributed by atoms with Gasteiger partial charge in [-0.15, -0.1) is 21.5 Å². The van der Waals surface area contributed by atoms with Crippen molar-refractivity contribution in [3.05, 3.63) is 47.0 Å². The van der Waals surface area contributed by atoms with Crippen molar-refractivity contribution in [1.29, 1.82) is 0 Å². The first kappa shape index (κ1) is 23.0. The van der Waals surface area contributed by atoms with Crippen molar-refractivity contribution < 1.29 is 14.3 Å². The first-order chi connectivity index (χ1) is 16.1. The Balaban J connectivity index is 1.57. The molecular weight excluding hydrogens is 460 g/mol. The van der Waals surface area contributed by atoms with Crippen LogP contribution in [0.4, 0.5) is 21.9 Å². The van der Waals surface area contributed by atoms with E-state index in [1.807, 2.05) is 42.2 Å². The van der Waals surface area contributed by atoms with Crippen molar-refractivity contribution in [3.63, 3.8) is 0 Å². The Morgan fingerprint density at radius 2 is 2.06 bits per heavy atom. The second kappa shape index (κ2) is 10.6. The maximum Gasteiger partial charge on any atom is 0.357 e. The molecule has 11 heteroatoms. The molecule has 3 heterocycles. The van der Waals surface area contributed by atoms with E-state index in [1.165, 1.54) is 11.3 Å². The summed E-state index contributed by atoms with van der Waals surface area (Å²) in [6.45, 7) is 5.24. The van der Waals surface area contributed by atoms with Crippen molar-refractivity contribution in [3.8, 4) is 0 Å². The van der Waals surface area contributed by atoms with E-state index in [0.717, 1.165) is 27.3 Å². The molecule has 4 rings (SSSR count). The Labute approximate surface area is 199 Å². The summed E-state index contributed by atoms with van der Waals surface area (Å²) in [4.78, 5) is 23.1. The van der Waals surface area contributed by atoms with Gasteiger partial charge in [-0.3, -0.25) is 0 Å². The summed E-state index contributed by atoms with van der Waals surface area (Å²) in [6.07, 6.45) is 0.761. The number of aromatic nitrogens is 4. The first-order valence-electron chi connectivity index (χ1n) is 10.4. The number of anilines is 4. The number of benzene rings is 1. The number of methoxy groups -OCH3 is 1. The van der Waals surface area contributed by atoms with E-state index in [2.05, 4.69) is 25.5 Å². The van der Waals surface area contributed by atoms with Crippen LogP contribution in [-0.2, 0) is 9.47 Å². The van der Waals surface area contributed by atoms with Crippen molar-refractivity contribution in [1.82, 2.24) is 20.2 Å². The maximum absolute atomic E-state index is 12.1. The fraction of sp³-hybridized carbons (Fsp3) is 0.318. The zero-order chi connectivity index (χ0) is 23.2. The summed E-state index contributed by atoms with van der Waals surface area (Å²) in [6, 6.07) is 9.93. The lowest BCUT2D eigenvalue weighted by molar-refractivity contribution is 0.0520. The molecule has 0 amide bonds. The molecule has 0 spiro atoms. The summed E-state index contributed by atoms with van der Waals surface area (Å²) in [7, 11) is 1.67. The monoisotopic (exact) mass is 484 g/mol. The summed E-state index contributed by atoms with van der Waals surface area (Å²) in [5.41, 5.74) is 2.14. The van der Waals surface area contributed by atoms with Crippen LogP contribution in [0.3, 0.4) is 0 Å². The molecule has 4 aromatic rings. The molecule has 0 bridgehead atoms. The Kier molecular flexibility index (Phi) is 7.43. The van der Waals surface area contributed by atoms with E-state index in [0.29, 0.717) is 36.5 Å². The number of para-hydroxylation sites is 1. The van der Waals surface area contributed by atoms with Crippen molar-refractivity contribution in [2.24, 2.45) is 0 Å². The molecule has 172 valence electrons. The number of carbonyl (C=O) groups excluding carboxylic acids is 1. The van der Waals surface area contributed by atoms with Crippen LogP contribution in [0.15, 0.2) is 35.7 Å². The van der Waals surface area contributed by atoms with Crippen LogP contribution in [0.1, 0.15) is 29.4 Å². The number of nitrogens with zero attached hydrogens (tertiary/aromatic N) is 5. The van der Waals surface area contributed by atoms with Crippen LogP contribution in [0, 0.1) is 6.92 Å². The van der Waals surface area contributed by atoms with E-state index in [4.69, 9.17) is 9.47 Å². The normalized spacial score (nSPS) is 11.0. The standard InChI is InChI=1S/C22H24N6O3S2/c1-4-31-20(29)16-13-32-22(24-16)28(10-7-11-30-3)18-12-14(2)19(27-26-18)25-21-23-15-8-5-6-9-17(15)33-21/h5-6,8-9,12-13H,4,7,10-11H2,1-3H3,(H,23,25,27). The summed E-state index contributed by atoms with van der Waals surface area (Å²) >= 11 is 2.93. The third-order valence-electron chi connectivity index (χ3n) is 4.71. The molecule has 0 saturated carbocycles. The van der Waals surface area contributed by atoms with Gasteiger partial charge < -0.3 is 19.7 Å². The number of ether oxygens (including phenoxy) is 2. The highest BCUT2D eigenvalue weighted by molar-refractivity contribution is 7.22. The molecule has 9 nitrogen and oxygen atoms in total. The molecule has 0 aliphatic rings. The fourth-order valence-electron chi connectivity index (χ4n) is 3.12. The molecule has 0 aliphatic carbocycles. The quantitative estimate of drug-likeness (QED) is 0.247. The molecule has 3 aromatic heterocycles. The lowest BCUT2D eigenvalue weighted by Crippen LogP contribution is -2.21. The average Bonchev–Trinajstić information content (AvgIpc) is 3.45. The summed E-state index contributed by atoms with van der Waals surface area (Å²) in [5.74, 6) is 0.846. The lowest BCUT2D eigenvalue weighted by atomic mass is 10.3. The number of thiazole rings is 2. The van der Waals surface area contributed by atoms with Gasteiger partial charge in [0, 0.05) is 25.6 Å². The average molecular weight is 485 g/mol. The summed E-state index contributed by atoms with van der Waals surface area (Å²) < 4.78 is 11.4. The van der Waals surface area contributed by atoms with Crippen LogP contribution in [0.25, 0.3) is 10.2 Å². The van der Waals surface area contributed by atoms with E-state index in [-0.39, 0.29) is 5.69 Å². The summed E-state index contributed by atoms with van der Waals surface area (Å²) in [5, 5.41) is 15.2. The van der Waals surface area contributed by atoms with Gasteiger partial charge in [-0.1, -0.05) is 23.5 Å². The third-order valence-corrected chi connectivity index (χ3v) is 6.52. The highest BCUT2D eigenvalue weighted by Crippen LogP contribution is 2.31. The van der Waals surface area contributed by atoms with Crippen LogP contribution < -0.4 is 10.2 Å². The molecule has 0 radical (unpaired) electrons. The second-order valence-electron chi connectivity index (χ2n) is 7.08. The zero-order valence-corrected chi connectivity index (χ0v) is 20.2. The molecule has 1 N–H and O–H groups in total. The Bertz CT molecular complexity index is 1210. The number of hydrogen-bond acceptors (Lipinski definition) is 11. The van der Waals surface area contributed by atoms with Gasteiger partial charge in [-0.2, -0.15) is 0 Å². The fourth-order valence-corrected chi connectivity index (χ4v) is 4.81. The van der Waals surface area contributed by atoms with Crippen LogP contribution in [0.5, 0.6) is 0 Å². The topological polar surface area (TPSA) is 102 Å². The van der Waals surface area contributed by atoms with E-state index in [9.17, 15) is 4.79 Å². The van der Waals surface area contributed by atoms with Gasteiger partial charge in [0.25, 0.3) is 0 Å². The molecule has 0 atom stereocenters. The molecule has 1 aromatic carbocycles. The highest BCUT2D eigenvalue weighted by Gasteiger charge is 2.20. The predicted octanol–water partition coefficient (Wildman–Crippen LogP) is 4.95. The van der Waals surface area contributed by atoms with Crippen molar-refractivity contribution in [2.75, 3.05) is 37.1 Å². The number of nitrogens with one attached hydrogen (secondary N) is 1. The zero-order valence-electron chi connectivity index (χ0n) is 18.6. The third kappa shape index (κ3) is 5.44. The molecule has 0 fully saturated rings. The molecule has 0 aliphatic heterocycles. The van der Waals surface area contributed by atoms with Crippen LogP contribution in [0.2, 0.25) is 0 Å². The largest absolute Gasteiger partial charge is 0.461 e. The van der Waals surface area contributed by atoms with E-state index in [1.54, 1.807) is 30.8 Å². The smallest absolute Gasteiger partial charge is 0.357 e. The number of aryl methyl sites for hydroxylation is 1. The maximum atomic E-state index is 12.1. The minimum absolute atomic E-state index is 0.285. The van der Waals surface area contributed by atoms with Crippen LogP contribution in [-0.4, -0.2) is 53.0 Å². The van der Waals surface area contributed by atoms with Gasteiger partial charge >= 0.3 is 5.97 Å². The number of hydrogen-bond donors (Lipinski definition) is 1. The first-order valence-corrected chi connectivity index (χ1v) is 12.1.